The normalized spacial score (nSPS) is 18.6. The number of amidine groups is 1. The molecule has 0 spiro atoms. The number of thioether (sulfide) groups is 1. The van der Waals surface area contributed by atoms with Gasteiger partial charge in [0.2, 0.25) is 5.91 Å². The van der Waals surface area contributed by atoms with E-state index in [1.807, 2.05) is 0 Å². The third-order valence-corrected chi connectivity index (χ3v) is 4.88. The van der Waals surface area contributed by atoms with E-state index < -0.39 is 4.92 Å². The molecule has 0 bridgehead atoms. The molecule has 27 heavy (non-hydrogen) atoms. The average molecular weight is 386 g/mol. The molecule has 1 heterocycles. The number of hydrogen-bond donors (Lipinski definition) is 0. The van der Waals surface area contributed by atoms with Crippen molar-refractivity contribution in [1.29, 1.82) is 0 Å². The van der Waals surface area contributed by atoms with Crippen molar-refractivity contribution in [3.63, 3.8) is 0 Å². The number of nitro benzene ring substituents is 1. The SMILES string of the molecule is C[C@@H]1S/C(=N\N=C/c2cccc([N+](=O)[O-])c2)N(Cc2ccc(F)cc2)C1=O. The molecule has 7 nitrogen and oxygen atoms in total. The highest BCUT2D eigenvalue weighted by molar-refractivity contribution is 8.15. The standard InChI is InChI=1S/C18H15FN4O3S/c1-12-17(24)22(11-13-5-7-15(19)8-6-13)18(27-12)21-20-10-14-3-2-4-16(9-14)23(25)26/h2-10,12H,11H2,1H3/b20-10-,21-18-/t12-/m0/s1. The van der Waals surface area contributed by atoms with Crippen molar-refractivity contribution in [2.45, 2.75) is 18.7 Å². The van der Waals surface area contributed by atoms with Crippen LogP contribution >= 0.6 is 11.8 Å². The van der Waals surface area contributed by atoms with Gasteiger partial charge in [0.25, 0.3) is 5.69 Å². The molecule has 0 saturated carbocycles. The van der Waals surface area contributed by atoms with Gasteiger partial charge in [0.15, 0.2) is 5.17 Å². The van der Waals surface area contributed by atoms with Gasteiger partial charge in [-0.15, -0.1) is 5.10 Å². The van der Waals surface area contributed by atoms with Gasteiger partial charge in [0.1, 0.15) is 5.82 Å². The first-order valence-corrected chi connectivity index (χ1v) is 8.90. The molecule has 1 saturated heterocycles. The van der Waals surface area contributed by atoms with Crippen molar-refractivity contribution in [3.8, 4) is 0 Å². The summed E-state index contributed by atoms with van der Waals surface area (Å²) in [5, 5.41) is 19.0. The summed E-state index contributed by atoms with van der Waals surface area (Å²) < 4.78 is 13.1. The van der Waals surface area contributed by atoms with Gasteiger partial charge in [-0.1, -0.05) is 36.0 Å². The first-order chi connectivity index (χ1) is 12.9. The maximum absolute atomic E-state index is 13.1. The molecular formula is C18H15FN4O3S. The molecule has 2 aromatic carbocycles. The molecule has 1 atom stereocenters. The average Bonchev–Trinajstić information content (AvgIpc) is 2.91. The topological polar surface area (TPSA) is 88.2 Å². The Morgan fingerprint density at radius 2 is 2.04 bits per heavy atom. The molecule has 1 aliphatic rings. The summed E-state index contributed by atoms with van der Waals surface area (Å²) >= 11 is 1.28. The van der Waals surface area contributed by atoms with E-state index in [2.05, 4.69) is 10.2 Å². The molecule has 1 fully saturated rings. The van der Waals surface area contributed by atoms with Gasteiger partial charge in [0, 0.05) is 17.7 Å². The van der Waals surface area contributed by atoms with E-state index >= 15 is 0 Å². The number of nitro groups is 1. The van der Waals surface area contributed by atoms with Crippen LogP contribution in [0, 0.1) is 15.9 Å². The zero-order chi connectivity index (χ0) is 19.4. The van der Waals surface area contributed by atoms with Gasteiger partial charge in [-0.2, -0.15) is 5.10 Å². The number of rotatable bonds is 5. The molecule has 9 heteroatoms. The first kappa shape index (κ1) is 18.7. The lowest BCUT2D eigenvalue weighted by Gasteiger charge is -2.15. The van der Waals surface area contributed by atoms with Crippen LogP contribution in [0.1, 0.15) is 18.1 Å². The maximum atomic E-state index is 13.1. The Balaban J connectivity index is 1.78. The van der Waals surface area contributed by atoms with Crippen LogP contribution in [-0.2, 0) is 11.3 Å². The number of non-ortho nitro benzene ring substituents is 1. The molecular weight excluding hydrogens is 371 g/mol. The Bertz CT molecular complexity index is 930. The highest BCUT2D eigenvalue weighted by Gasteiger charge is 2.35. The third kappa shape index (κ3) is 4.56. The van der Waals surface area contributed by atoms with Crippen molar-refractivity contribution in [2.75, 3.05) is 0 Å². The van der Waals surface area contributed by atoms with Crippen molar-refractivity contribution in [2.24, 2.45) is 10.2 Å². The Kier molecular flexibility index (Phi) is 5.60. The van der Waals surface area contributed by atoms with Gasteiger partial charge in [-0.05, 0) is 24.6 Å². The predicted molar refractivity (Wildman–Crippen MR) is 102 cm³/mol. The zero-order valence-corrected chi connectivity index (χ0v) is 15.1. The summed E-state index contributed by atoms with van der Waals surface area (Å²) in [5.74, 6) is -0.446. The quantitative estimate of drug-likeness (QED) is 0.446. The van der Waals surface area contributed by atoms with Crippen LogP contribution in [0.25, 0.3) is 0 Å². The molecule has 0 N–H and O–H groups in total. The molecule has 3 rings (SSSR count). The first-order valence-electron chi connectivity index (χ1n) is 8.02. The second kappa shape index (κ2) is 8.09. The minimum Gasteiger partial charge on any atom is -0.284 e. The van der Waals surface area contributed by atoms with Gasteiger partial charge >= 0.3 is 0 Å². The number of hydrogen-bond acceptors (Lipinski definition) is 6. The van der Waals surface area contributed by atoms with E-state index in [4.69, 9.17) is 0 Å². The molecule has 138 valence electrons. The van der Waals surface area contributed by atoms with E-state index in [-0.39, 0.29) is 29.2 Å². The summed E-state index contributed by atoms with van der Waals surface area (Å²) in [7, 11) is 0. The lowest BCUT2D eigenvalue weighted by Crippen LogP contribution is -2.30. The van der Waals surface area contributed by atoms with Crippen molar-refractivity contribution in [1.82, 2.24) is 4.90 Å². The second-order valence-corrected chi connectivity index (χ2v) is 7.10. The van der Waals surface area contributed by atoms with Crippen LogP contribution in [0.4, 0.5) is 10.1 Å². The predicted octanol–water partition coefficient (Wildman–Crippen LogP) is 3.59. The van der Waals surface area contributed by atoms with Crippen LogP contribution in [-0.4, -0.2) is 32.4 Å². The fourth-order valence-electron chi connectivity index (χ4n) is 2.44. The minimum absolute atomic E-state index is 0.0384. The highest BCUT2D eigenvalue weighted by Crippen LogP contribution is 2.28. The summed E-state index contributed by atoms with van der Waals surface area (Å²) in [4.78, 5) is 24.2. The number of nitrogens with zero attached hydrogens (tertiary/aromatic N) is 4. The fourth-order valence-corrected chi connectivity index (χ4v) is 3.37. The third-order valence-electron chi connectivity index (χ3n) is 3.81. The van der Waals surface area contributed by atoms with Crippen LogP contribution in [0.5, 0.6) is 0 Å². The van der Waals surface area contributed by atoms with Crippen molar-refractivity contribution >= 4 is 34.7 Å². The Morgan fingerprint density at radius 3 is 2.74 bits per heavy atom. The molecule has 1 amide bonds. The molecule has 2 aromatic rings. The summed E-state index contributed by atoms with van der Waals surface area (Å²) in [6, 6.07) is 11.9. The summed E-state index contributed by atoms with van der Waals surface area (Å²) in [6.07, 6.45) is 1.39. The van der Waals surface area contributed by atoms with Crippen LogP contribution in [0.2, 0.25) is 0 Å². The van der Waals surface area contributed by atoms with Crippen LogP contribution in [0.3, 0.4) is 0 Å². The molecule has 1 aliphatic heterocycles. The van der Waals surface area contributed by atoms with Gasteiger partial charge < -0.3 is 0 Å². The largest absolute Gasteiger partial charge is 0.284 e. The number of benzene rings is 2. The van der Waals surface area contributed by atoms with E-state index in [1.54, 1.807) is 31.2 Å². The van der Waals surface area contributed by atoms with Crippen molar-refractivity contribution < 1.29 is 14.1 Å². The van der Waals surface area contributed by atoms with Crippen molar-refractivity contribution in [3.05, 3.63) is 75.6 Å². The lowest BCUT2D eigenvalue weighted by atomic mass is 10.2. The fraction of sp³-hybridized carbons (Fsp3) is 0.167. The van der Waals surface area contributed by atoms with E-state index in [9.17, 15) is 19.3 Å². The number of carbonyl (C=O) groups is 1. The van der Waals surface area contributed by atoms with Gasteiger partial charge in [-0.3, -0.25) is 19.8 Å². The monoisotopic (exact) mass is 386 g/mol. The number of amides is 1. The Morgan fingerprint density at radius 1 is 1.30 bits per heavy atom. The highest BCUT2D eigenvalue weighted by atomic mass is 32.2. The maximum Gasteiger partial charge on any atom is 0.270 e. The summed E-state index contributed by atoms with van der Waals surface area (Å²) in [5.41, 5.74) is 1.26. The zero-order valence-electron chi connectivity index (χ0n) is 14.3. The van der Waals surface area contributed by atoms with Gasteiger partial charge in [0.05, 0.1) is 22.9 Å². The second-order valence-electron chi connectivity index (χ2n) is 5.79. The smallest absolute Gasteiger partial charge is 0.270 e. The Hall–Kier alpha value is -3.07. The van der Waals surface area contributed by atoms with E-state index in [1.165, 1.54) is 47.1 Å². The molecule has 0 unspecified atom stereocenters. The number of halogens is 1. The summed E-state index contributed by atoms with van der Waals surface area (Å²) in [6.45, 7) is 2.04. The van der Waals surface area contributed by atoms with E-state index in [0.717, 1.165) is 5.56 Å². The number of carbonyl (C=O) groups excluding carboxylic acids is 1. The molecule has 0 radical (unpaired) electrons. The van der Waals surface area contributed by atoms with Gasteiger partial charge in [-0.25, -0.2) is 4.39 Å². The molecule has 0 aliphatic carbocycles. The molecule has 0 aromatic heterocycles. The Labute approximate surface area is 158 Å². The van der Waals surface area contributed by atoms with Crippen LogP contribution in [0.15, 0.2) is 58.7 Å². The van der Waals surface area contributed by atoms with E-state index in [0.29, 0.717) is 10.7 Å². The van der Waals surface area contributed by atoms with Crippen LogP contribution < -0.4 is 0 Å². The lowest BCUT2D eigenvalue weighted by molar-refractivity contribution is -0.384. The minimum atomic E-state index is -0.485.